The van der Waals surface area contributed by atoms with Crippen molar-refractivity contribution in [2.24, 2.45) is 0 Å². The van der Waals surface area contributed by atoms with E-state index in [1.807, 2.05) is 17.5 Å². The van der Waals surface area contributed by atoms with Gasteiger partial charge in [-0.15, -0.1) is 22.7 Å². The molecule has 0 radical (unpaired) electrons. The number of hydrogen-bond donors (Lipinski definition) is 5. The molecule has 6 rings (SSSR count). The molecule has 284 valence electrons. The fraction of sp³-hybridized carbons (Fsp3) is 0.229. The molecule has 0 saturated heterocycles. The van der Waals surface area contributed by atoms with Gasteiger partial charge in [0.2, 0.25) is 11.8 Å². The summed E-state index contributed by atoms with van der Waals surface area (Å²) in [6.07, 6.45) is 2.03. The van der Waals surface area contributed by atoms with Crippen molar-refractivity contribution in [2.45, 2.75) is 12.8 Å². The first kappa shape index (κ1) is 38.1. The van der Waals surface area contributed by atoms with Crippen LogP contribution in [0.2, 0.25) is 0 Å². The molecule has 0 aliphatic rings. The lowest BCUT2D eigenvalue weighted by Gasteiger charge is -2.10. The van der Waals surface area contributed by atoms with E-state index in [9.17, 15) is 24.0 Å². The number of aromatic amines is 1. The van der Waals surface area contributed by atoms with E-state index in [0.717, 1.165) is 4.88 Å². The van der Waals surface area contributed by atoms with Gasteiger partial charge < -0.3 is 44.8 Å². The minimum Gasteiger partial charge on any atom is -0.481 e. The lowest BCUT2D eigenvalue weighted by atomic mass is 10.2. The molecule has 0 aromatic carbocycles. The highest BCUT2D eigenvalue weighted by Gasteiger charge is 2.19. The molecular weight excluding hydrogens is 755 g/mol. The second kappa shape index (κ2) is 17.9. The average Bonchev–Trinajstić information content (AvgIpc) is 4.04. The summed E-state index contributed by atoms with van der Waals surface area (Å²) >= 11 is 2.70. The van der Waals surface area contributed by atoms with E-state index < -0.39 is 23.3 Å². The molecule has 0 spiro atoms. The summed E-state index contributed by atoms with van der Waals surface area (Å²) < 4.78 is 20.8. The number of H-pyrrole nitrogens is 1. The fourth-order valence-electron chi connectivity index (χ4n) is 4.92. The van der Waals surface area contributed by atoms with Gasteiger partial charge in [-0.25, -0.2) is 4.98 Å². The van der Waals surface area contributed by atoms with Crippen LogP contribution in [-0.4, -0.2) is 89.3 Å². The number of hydrogen-bond acceptors (Lipinski definition) is 15. The van der Waals surface area contributed by atoms with Gasteiger partial charge in [-0.1, -0.05) is 16.4 Å². The third kappa shape index (κ3) is 9.47. The maximum atomic E-state index is 12.8. The van der Waals surface area contributed by atoms with Crippen molar-refractivity contribution < 1.29 is 37.7 Å². The normalized spacial score (nSPS) is 10.8. The molecule has 6 aromatic heterocycles. The molecule has 0 aliphatic carbocycles. The second-order valence-corrected chi connectivity index (χ2v) is 13.4. The van der Waals surface area contributed by atoms with Crippen molar-refractivity contribution in [3.63, 3.8) is 0 Å². The van der Waals surface area contributed by atoms with Crippen LogP contribution in [0, 0.1) is 0 Å². The first-order valence-corrected chi connectivity index (χ1v) is 18.3. The van der Waals surface area contributed by atoms with Crippen molar-refractivity contribution >= 4 is 46.3 Å². The molecule has 6 heterocycles. The Hall–Kier alpha value is -6.67. The highest BCUT2D eigenvalue weighted by Crippen LogP contribution is 2.33. The maximum Gasteiger partial charge on any atom is 0.273 e. The van der Waals surface area contributed by atoms with E-state index in [0.29, 0.717) is 40.0 Å². The van der Waals surface area contributed by atoms with Gasteiger partial charge in [-0.2, -0.15) is 4.98 Å². The van der Waals surface area contributed by atoms with Gasteiger partial charge in [0.15, 0.2) is 22.9 Å². The zero-order chi connectivity index (χ0) is 38.7. The summed E-state index contributed by atoms with van der Waals surface area (Å²) in [5.41, 5.74) is -0.338. The third-order valence-electron chi connectivity index (χ3n) is 7.71. The van der Waals surface area contributed by atoms with Crippen LogP contribution in [0.15, 0.2) is 73.9 Å². The Morgan fingerprint density at radius 1 is 0.727 bits per heavy atom. The molecule has 6 aromatic rings. The zero-order valence-corrected chi connectivity index (χ0v) is 30.9. The minimum atomic E-state index is -0.631. The number of aromatic nitrogens is 5. The number of amides is 4. The number of pyridine rings is 1. The minimum absolute atomic E-state index is 0.0608. The van der Waals surface area contributed by atoms with E-state index in [1.54, 1.807) is 30.3 Å². The SMILES string of the molecule is COc1ccc(C(=O)NCCCNC(=O)c2cc(-c3ccc(-c4ncc(C(=O)NCCCNC(=O)c5cc(-c6cccs6)on5)c(=O)[nH]4)s3)on2)c(OC)n1. The van der Waals surface area contributed by atoms with Gasteiger partial charge in [0.05, 0.1) is 28.9 Å². The van der Waals surface area contributed by atoms with Crippen LogP contribution in [0.1, 0.15) is 54.5 Å². The summed E-state index contributed by atoms with van der Waals surface area (Å²) in [7, 11) is 2.87. The molecule has 4 amide bonds. The predicted octanol–water partition coefficient (Wildman–Crippen LogP) is 3.38. The number of rotatable bonds is 17. The Morgan fingerprint density at radius 2 is 1.33 bits per heavy atom. The Morgan fingerprint density at radius 3 is 1.91 bits per heavy atom. The van der Waals surface area contributed by atoms with Gasteiger partial charge in [0.1, 0.15) is 17.0 Å². The van der Waals surface area contributed by atoms with Gasteiger partial charge in [0, 0.05) is 50.6 Å². The summed E-state index contributed by atoms with van der Waals surface area (Å²) in [4.78, 5) is 76.0. The summed E-state index contributed by atoms with van der Waals surface area (Å²) in [5.74, 6) is -0.334. The summed E-state index contributed by atoms with van der Waals surface area (Å²) in [5, 5.41) is 20.4. The molecule has 0 aliphatic heterocycles. The quantitative estimate of drug-likeness (QED) is 0.0834. The number of carbonyl (C=O) groups is 4. The van der Waals surface area contributed by atoms with Crippen LogP contribution >= 0.6 is 22.7 Å². The van der Waals surface area contributed by atoms with Crippen molar-refractivity contribution in [1.29, 1.82) is 0 Å². The van der Waals surface area contributed by atoms with Crippen LogP contribution in [0.25, 0.3) is 32.0 Å². The topological polar surface area (TPSA) is 246 Å². The van der Waals surface area contributed by atoms with Crippen molar-refractivity contribution in [3.05, 3.63) is 93.0 Å². The smallest absolute Gasteiger partial charge is 0.273 e. The van der Waals surface area contributed by atoms with Crippen LogP contribution in [-0.2, 0) is 0 Å². The zero-order valence-electron chi connectivity index (χ0n) is 29.3. The van der Waals surface area contributed by atoms with E-state index in [-0.39, 0.29) is 66.3 Å². The lowest BCUT2D eigenvalue weighted by Crippen LogP contribution is -2.33. The fourth-order valence-corrected chi connectivity index (χ4v) is 6.50. The molecular formula is C35H33N9O9S2. The summed E-state index contributed by atoms with van der Waals surface area (Å²) in [6.45, 7) is 0.996. The van der Waals surface area contributed by atoms with Crippen molar-refractivity contribution in [3.8, 4) is 43.7 Å². The van der Waals surface area contributed by atoms with Crippen LogP contribution < -0.4 is 36.3 Å². The second-order valence-electron chi connectivity index (χ2n) is 11.4. The molecule has 20 heteroatoms. The molecule has 0 bridgehead atoms. The molecule has 5 N–H and O–H groups in total. The van der Waals surface area contributed by atoms with Crippen LogP contribution in [0.4, 0.5) is 0 Å². The number of thiophene rings is 2. The number of carbonyl (C=O) groups excluding carboxylic acids is 4. The van der Waals surface area contributed by atoms with Gasteiger partial charge in [-0.05, 0) is 42.5 Å². The first-order valence-electron chi connectivity index (χ1n) is 16.6. The molecule has 0 unspecified atom stereocenters. The highest BCUT2D eigenvalue weighted by atomic mass is 32.1. The number of nitrogens with zero attached hydrogens (tertiary/aromatic N) is 4. The largest absolute Gasteiger partial charge is 0.481 e. The van der Waals surface area contributed by atoms with E-state index >= 15 is 0 Å². The van der Waals surface area contributed by atoms with E-state index in [4.69, 9.17) is 18.5 Å². The van der Waals surface area contributed by atoms with Crippen molar-refractivity contribution in [1.82, 2.24) is 46.5 Å². The predicted molar refractivity (Wildman–Crippen MR) is 199 cm³/mol. The Balaban J connectivity index is 0.924. The van der Waals surface area contributed by atoms with Gasteiger partial charge in [-0.3, -0.25) is 24.0 Å². The van der Waals surface area contributed by atoms with Crippen molar-refractivity contribution in [2.75, 3.05) is 40.4 Å². The van der Waals surface area contributed by atoms with E-state index in [1.165, 1.54) is 49.2 Å². The molecule has 55 heavy (non-hydrogen) atoms. The number of ether oxygens (including phenoxy) is 2. The Kier molecular flexibility index (Phi) is 12.4. The van der Waals surface area contributed by atoms with Crippen LogP contribution in [0.3, 0.4) is 0 Å². The number of nitrogens with one attached hydrogen (secondary N) is 5. The van der Waals surface area contributed by atoms with Crippen LogP contribution in [0.5, 0.6) is 11.8 Å². The maximum absolute atomic E-state index is 12.8. The number of methoxy groups -OCH3 is 2. The third-order valence-corrected chi connectivity index (χ3v) is 9.70. The molecule has 0 fully saturated rings. The monoisotopic (exact) mass is 787 g/mol. The Bertz CT molecular complexity index is 2350. The Labute approximate surface area is 319 Å². The molecule has 0 atom stereocenters. The van der Waals surface area contributed by atoms with Gasteiger partial charge in [0.25, 0.3) is 29.2 Å². The average molecular weight is 788 g/mol. The highest BCUT2D eigenvalue weighted by molar-refractivity contribution is 7.18. The lowest BCUT2D eigenvalue weighted by molar-refractivity contribution is 0.0928. The molecule has 0 saturated carbocycles. The molecule has 18 nitrogen and oxygen atoms in total. The first-order chi connectivity index (χ1) is 26.7. The summed E-state index contributed by atoms with van der Waals surface area (Å²) in [6, 6.07) is 13.3. The standard InChI is InChI=1S/C35H33N9O9S2/c1-50-28-10-7-19(35(41-28)51-2)30(45)36-11-4-13-39-34(49)22-17-24(53-44-22)26-8-9-27(55-26)29-40-18-20(32(47)42-29)31(46)37-12-5-14-38-33(48)21-16-23(52-43-21)25-6-3-15-54-25/h3,6-10,15-18H,4-5,11-14H2,1-2H3,(H,36,45)(H,37,46)(H,38,48)(H,39,49)(H,40,42,47). The van der Waals surface area contributed by atoms with E-state index in [2.05, 4.69) is 46.5 Å². The van der Waals surface area contributed by atoms with Gasteiger partial charge >= 0.3 is 0 Å².